The van der Waals surface area contributed by atoms with E-state index in [1.807, 2.05) is 40.9 Å². The third kappa shape index (κ3) is 12.9. The second-order valence-electron chi connectivity index (χ2n) is 11.4. The topological polar surface area (TPSA) is 180 Å². The molecule has 0 aromatic rings. The van der Waals surface area contributed by atoms with Crippen molar-refractivity contribution in [2.45, 2.75) is 111 Å². The van der Waals surface area contributed by atoms with Crippen LogP contribution in [-0.2, 0) is 24.0 Å². The number of nitrogens with one attached hydrogen (secondary N) is 4. The van der Waals surface area contributed by atoms with Gasteiger partial charge in [-0.1, -0.05) is 68.2 Å². The zero-order valence-electron chi connectivity index (χ0n) is 25.7. The lowest BCUT2D eigenvalue weighted by Gasteiger charge is -2.31. The molecule has 0 unspecified atom stereocenters. The van der Waals surface area contributed by atoms with Crippen molar-refractivity contribution in [1.29, 1.82) is 0 Å². The number of aliphatic carboxylic acids is 1. The lowest BCUT2D eigenvalue weighted by Crippen LogP contribution is -2.61. The van der Waals surface area contributed by atoms with Crippen molar-refractivity contribution in [3.63, 3.8) is 0 Å². The molecule has 0 spiro atoms. The van der Waals surface area contributed by atoms with Gasteiger partial charge in [0.2, 0.25) is 23.6 Å². The summed E-state index contributed by atoms with van der Waals surface area (Å²) in [6.45, 7) is 14.6. The molecule has 12 heteroatoms. The van der Waals surface area contributed by atoms with Gasteiger partial charge in [0.05, 0.1) is 6.04 Å². The number of carboxylic acid groups (broad SMARTS) is 1. The molecule has 0 bridgehead atoms. The number of carbonyl (C=O) groups is 5. The Labute approximate surface area is 244 Å². The molecule has 0 heterocycles. The van der Waals surface area contributed by atoms with Crippen LogP contribution in [0.5, 0.6) is 0 Å². The summed E-state index contributed by atoms with van der Waals surface area (Å²) < 4.78 is 0. The van der Waals surface area contributed by atoms with Crippen LogP contribution >= 0.6 is 11.8 Å². The van der Waals surface area contributed by atoms with E-state index >= 15 is 0 Å². The van der Waals surface area contributed by atoms with Crippen molar-refractivity contribution in [2.75, 3.05) is 12.0 Å². The Morgan fingerprint density at radius 1 is 0.725 bits per heavy atom. The van der Waals surface area contributed by atoms with E-state index in [1.165, 1.54) is 0 Å². The van der Waals surface area contributed by atoms with Crippen molar-refractivity contribution in [2.24, 2.45) is 29.4 Å². The predicted molar refractivity (Wildman–Crippen MR) is 160 cm³/mol. The summed E-state index contributed by atoms with van der Waals surface area (Å²) in [5.74, 6) is -3.35. The summed E-state index contributed by atoms with van der Waals surface area (Å²) >= 11 is 1.57. The summed E-state index contributed by atoms with van der Waals surface area (Å²) in [7, 11) is 0. The van der Waals surface area contributed by atoms with Gasteiger partial charge in [-0.2, -0.15) is 11.8 Å². The van der Waals surface area contributed by atoms with Crippen molar-refractivity contribution >= 4 is 41.4 Å². The maximum absolute atomic E-state index is 13.4. The number of nitrogens with two attached hydrogens (primary N) is 1. The third-order valence-electron chi connectivity index (χ3n) is 7.12. The Balaban J connectivity index is 5.80. The van der Waals surface area contributed by atoms with Gasteiger partial charge in [-0.05, 0) is 48.5 Å². The zero-order valence-corrected chi connectivity index (χ0v) is 26.5. The summed E-state index contributed by atoms with van der Waals surface area (Å²) in [4.78, 5) is 64.3. The summed E-state index contributed by atoms with van der Waals surface area (Å²) in [5.41, 5.74) is 6.00. The summed E-state index contributed by atoms with van der Waals surface area (Å²) in [6, 6.07) is -4.72. The molecule has 0 aliphatic rings. The van der Waals surface area contributed by atoms with Gasteiger partial charge in [0, 0.05) is 0 Å². The van der Waals surface area contributed by atoms with Crippen LogP contribution in [0.1, 0.15) is 81.1 Å². The Hall–Kier alpha value is -2.34. The first-order valence-corrected chi connectivity index (χ1v) is 15.7. The largest absolute Gasteiger partial charge is 0.480 e. The average Bonchev–Trinajstić information content (AvgIpc) is 2.89. The monoisotopic (exact) mass is 587 g/mol. The highest BCUT2D eigenvalue weighted by atomic mass is 32.2. The molecule has 40 heavy (non-hydrogen) atoms. The van der Waals surface area contributed by atoms with Crippen molar-refractivity contribution < 1.29 is 29.1 Å². The van der Waals surface area contributed by atoms with Gasteiger partial charge < -0.3 is 32.1 Å². The second-order valence-corrected chi connectivity index (χ2v) is 12.4. The molecule has 0 saturated carbocycles. The fourth-order valence-corrected chi connectivity index (χ4v) is 4.51. The molecule has 232 valence electrons. The van der Waals surface area contributed by atoms with E-state index in [-0.39, 0.29) is 30.1 Å². The highest BCUT2D eigenvalue weighted by Crippen LogP contribution is 2.14. The van der Waals surface area contributed by atoms with Gasteiger partial charge in [0.1, 0.15) is 24.2 Å². The van der Waals surface area contributed by atoms with E-state index in [2.05, 4.69) is 21.3 Å². The molecule has 0 aromatic heterocycles. The van der Waals surface area contributed by atoms with Crippen molar-refractivity contribution in [1.82, 2.24) is 21.3 Å². The molecule has 0 fully saturated rings. The van der Waals surface area contributed by atoms with Crippen LogP contribution in [0, 0.1) is 23.7 Å². The Morgan fingerprint density at radius 3 is 1.55 bits per heavy atom. The first kappa shape index (κ1) is 37.7. The number of carbonyl (C=O) groups excluding carboxylic acids is 4. The molecule has 0 aliphatic heterocycles. The van der Waals surface area contributed by atoms with Crippen molar-refractivity contribution in [3.8, 4) is 0 Å². The van der Waals surface area contributed by atoms with Gasteiger partial charge in [0.25, 0.3) is 0 Å². The van der Waals surface area contributed by atoms with E-state index in [0.29, 0.717) is 25.0 Å². The quantitative estimate of drug-likeness (QED) is 0.133. The molecule has 7 atom stereocenters. The Morgan fingerprint density at radius 2 is 1.15 bits per heavy atom. The number of carboxylic acids is 1. The minimum absolute atomic E-state index is 0.0395. The molecule has 0 radical (unpaired) electrons. The first-order chi connectivity index (χ1) is 18.6. The SMILES string of the molecule is CC[C@H](C)[C@H](NC(=O)[C@@H](NC(=O)[C@@H](NC(=O)[C@@H](N)CCSC)[C@@H](C)CC)C(C)C)C(=O)N[C@@H](CC(C)C)C(=O)O. The maximum Gasteiger partial charge on any atom is 0.326 e. The van der Waals surface area contributed by atoms with E-state index in [9.17, 15) is 29.1 Å². The molecule has 11 nitrogen and oxygen atoms in total. The number of rotatable bonds is 19. The van der Waals surface area contributed by atoms with Crippen LogP contribution in [0.3, 0.4) is 0 Å². The lowest BCUT2D eigenvalue weighted by atomic mass is 9.94. The average molecular weight is 588 g/mol. The van der Waals surface area contributed by atoms with Gasteiger partial charge >= 0.3 is 5.97 Å². The second kappa shape index (κ2) is 18.9. The molecule has 0 aliphatic carbocycles. The highest BCUT2D eigenvalue weighted by Gasteiger charge is 2.35. The van der Waals surface area contributed by atoms with Crippen molar-refractivity contribution in [3.05, 3.63) is 0 Å². The maximum atomic E-state index is 13.4. The van der Waals surface area contributed by atoms with Crippen LogP contribution in [0.4, 0.5) is 0 Å². The standard InChI is InChI=1S/C28H53N5O6S/c1-10-17(7)22(26(36)30-20(28(38)39)14-15(3)4)33-25(35)21(16(5)6)31-27(37)23(18(8)11-2)32-24(34)19(29)12-13-40-9/h15-23H,10-14,29H2,1-9H3,(H,30,36)(H,31,37)(H,32,34)(H,33,35)(H,38,39)/t17-,18-,19-,20-,21-,22-,23-/m0/s1. The molecular formula is C28H53N5O6S. The van der Waals surface area contributed by atoms with Crippen LogP contribution in [0.2, 0.25) is 0 Å². The van der Waals surface area contributed by atoms with Gasteiger partial charge in [-0.25, -0.2) is 4.79 Å². The normalized spacial score (nSPS) is 16.7. The number of amides is 4. The van der Waals surface area contributed by atoms with E-state index < -0.39 is 59.8 Å². The summed E-state index contributed by atoms with van der Waals surface area (Å²) in [6.07, 6.45) is 3.80. The number of hydrogen-bond acceptors (Lipinski definition) is 7. The molecule has 7 N–H and O–H groups in total. The van der Waals surface area contributed by atoms with Gasteiger partial charge in [-0.15, -0.1) is 0 Å². The van der Waals surface area contributed by atoms with Gasteiger partial charge in [0.15, 0.2) is 0 Å². The minimum atomic E-state index is -1.14. The summed E-state index contributed by atoms with van der Waals surface area (Å²) in [5, 5.41) is 20.4. The number of thioether (sulfide) groups is 1. The van der Waals surface area contributed by atoms with Crippen LogP contribution in [0.15, 0.2) is 0 Å². The lowest BCUT2D eigenvalue weighted by molar-refractivity contribution is -0.143. The number of hydrogen-bond donors (Lipinski definition) is 6. The molecule has 0 saturated heterocycles. The molecule has 0 aromatic carbocycles. The van der Waals surface area contributed by atoms with Crippen LogP contribution in [0.25, 0.3) is 0 Å². The smallest absolute Gasteiger partial charge is 0.326 e. The highest BCUT2D eigenvalue weighted by molar-refractivity contribution is 7.98. The third-order valence-corrected chi connectivity index (χ3v) is 7.77. The Kier molecular flexibility index (Phi) is 17.8. The fourth-order valence-electron chi connectivity index (χ4n) is 4.02. The van der Waals surface area contributed by atoms with Crippen LogP contribution < -0.4 is 27.0 Å². The van der Waals surface area contributed by atoms with Crippen LogP contribution in [-0.4, -0.2) is 76.9 Å². The minimum Gasteiger partial charge on any atom is -0.480 e. The zero-order chi connectivity index (χ0) is 31.2. The Bertz CT molecular complexity index is 840. The van der Waals surface area contributed by atoms with Gasteiger partial charge in [-0.3, -0.25) is 19.2 Å². The van der Waals surface area contributed by atoms with E-state index in [1.54, 1.807) is 32.5 Å². The molecule has 0 rings (SSSR count). The fraction of sp³-hybridized carbons (Fsp3) is 0.821. The first-order valence-electron chi connectivity index (χ1n) is 14.3. The predicted octanol–water partition coefficient (Wildman–Crippen LogP) is 1.88. The molecule has 4 amide bonds. The van der Waals surface area contributed by atoms with E-state index in [0.717, 1.165) is 0 Å². The van der Waals surface area contributed by atoms with E-state index in [4.69, 9.17) is 5.73 Å². The molecular weight excluding hydrogens is 534 g/mol.